The van der Waals surface area contributed by atoms with Gasteiger partial charge >= 0.3 is 0 Å². The predicted octanol–water partition coefficient (Wildman–Crippen LogP) is 4.62. The molecule has 4 heteroatoms. The smallest absolute Gasteiger partial charge is 0.0765 e. The summed E-state index contributed by atoms with van der Waals surface area (Å²) >= 11 is 5.98. The Labute approximate surface area is 134 Å². The van der Waals surface area contributed by atoms with Crippen LogP contribution in [0.1, 0.15) is 70.5 Å². The molecule has 1 aliphatic rings. The Hall–Kier alpha value is -0.540. The van der Waals surface area contributed by atoms with Crippen molar-refractivity contribution in [2.75, 3.05) is 12.4 Å². The van der Waals surface area contributed by atoms with Gasteiger partial charge in [0.1, 0.15) is 0 Å². The van der Waals surface area contributed by atoms with Crippen molar-refractivity contribution in [2.24, 2.45) is 0 Å². The van der Waals surface area contributed by atoms with Crippen LogP contribution in [0.2, 0.25) is 0 Å². The molecule has 0 spiro atoms. The minimum Gasteiger partial charge on any atom is -0.293 e. The topological polar surface area (TPSA) is 21.1 Å². The molecule has 1 fully saturated rings. The van der Waals surface area contributed by atoms with Crippen LogP contribution in [-0.2, 0) is 6.54 Å². The van der Waals surface area contributed by atoms with Gasteiger partial charge in [-0.2, -0.15) is 5.10 Å². The van der Waals surface area contributed by atoms with E-state index in [-0.39, 0.29) is 0 Å². The van der Waals surface area contributed by atoms with Crippen molar-refractivity contribution in [3.05, 3.63) is 18.0 Å². The van der Waals surface area contributed by atoms with E-state index in [0.717, 1.165) is 13.1 Å². The van der Waals surface area contributed by atoms with Gasteiger partial charge in [-0.05, 0) is 31.7 Å². The third-order valence-corrected chi connectivity index (χ3v) is 4.98. The van der Waals surface area contributed by atoms with Gasteiger partial charge in [0.2, 0.25) is 0 Å². The summed E-state index contributed by atoms with van der Waals surface area (Å²) in [5, 5.41) is 4.84. The highest BCUT2D eigenvalue weighted by molar-refractivity contribution is 6.18. The van der Waals surface area contributed by atoms with Crippen molar-refractivity contribution in [1.29, 1.82) is 0 Å². The van der Waals surface area contributed by atoms with E-state index in [1.807, 2.05) is 0 Å². The maximum Gasteiger partial charge on any atom is 0.0765 e. The predicted molar refractivity (Wildman–Crippen MR) is 89.8 cm³/mol. The number of aromatic nitrogens is 2. The second-order valence-corrected chi connectivity index (χ2v) is 6.59. The van der Waals surface area contributed by atoms with Crippen LogP contribution in [0, 0.1) is 0 Å². The van der Waals surface area contributed by atoms with E-state index >= 15 is 0 Å². The fraction of sp³-hybridized carbons (Fsp3) is 0.824. The van der Waals surface area contributed by atoms with Gasteiger partial charge in [-0.1, -0.05) is 33.1 Å². The van der Waals surface area contributed by atoms with E-state index in [2.05, 4.69) is 35.7 Å². The zero-order valence-electron chi connectivity index (χ0n) is 13.6. The second kappa shape index (κ2) is 8.79. The van der Waals surface area contributed by atoms with E-state index in [0.29, 0.717) is 18.0 Å². The molecule has 3 nitrogen and oxygen atoms in total. The Morgan fingerprint density at radius 3 is 2.62 bits per heavy atom. The number of hydrogen-bond acceptors (Lipinski definition) is 2. The van der Waals surface area contributed by atoms with Gasteiger partial charge in [0.05, 0.1) is 11.7 Å². The molecule has 1 heterocycles. The van der Waals surface area contributed by atoms with E-state index in [4.69, 9.17) is 16.7 Å². The van der Waals surface area contributed by atoms with Gasteiger partial charge in [0.15, 0.2) is 0 Å². The van der Waals surface area contributed by atoms with Crippen molar-refractivity contribution < 1.29 is 0 Å². The molecule has 0 atom stereocenters. The molecule has 1 aromatic rings. The average Bonchev–Trinajstić information content (AvgIpc) is 2.98. The molecule has 0 bridgehead atoms. The standard InChI is InChI=1S/C17H30ClN3/c1-3-16(4-2)20(13-11-18)14-15-10-12-21(19-15)17-8-6-5-7-9-17/h10,12,16-17H,3-9,11,13-14H2,1-2H3. The molecule has 0 N–H and O–H groups in total. The Kier molecular flexibility index (Phi) is 7.05. The van der Waals surface area contributed by atoms with Crippen molar-refractivity contribution in [1.82, 2.24) is 14.7 Å². The minimum absolute atomic E-state index is 0.614. The fourth-order valence-corrected chi connectivity index (χ4v) is 3.74. The summed E-state index contributed by atoms with van der Waals surface area (Å²) in [6, 6.07) is 3.43. The highest BCUT2D eigenvalue weighted by Crippen LogP contribution is 2.27. The lowest BCUT2D eigenvalue weighted by Gasteiger charge is -2.29. The molecule has 0 aliphatic heterocycles. The van der Waals surface area contributed by atoms with Crippen LogP contribution >= 0.6 is 11.6 Å². The average molecular weight is 312 g/mol. The lowest BCUT2D eigenvalue weighted by Crippen LogP contribution is -2.35. The molecule has 120 valence electrons. The summed E-state index contributed by atoms with van der Waals surface area (Å²) in [5.41, 5.74) is 1.19. The summed E-state index contributed by atoms with van der Waals surface area (Å²) in [6.45, 7) is 6.40. The Bertz CT molecular complexity index is 394. The van der Waals surface area contributed by atoms with Gasteiger partial charge in [-0.25, -0.2) is 0 Å². The molecule has 0 amide bonds. The molecule has 0 aromatic carbocycles. The SMILES string of the molecule is CCC(CC)N(CCCl)Cc1ccn(C2CCCCC2)n1. The molecule has 1 saturated carbocycles. The van der Waals surface area contributed by atoms with Crippen LogP contribution in [-0.4, -0.2) is 33.1 Å². The molecule has 0 saturated heterocycles. The van der Waals surface area contributed by atoms with Crippen molar-refractivity contribution >= 4 is 11.6 Å². The van der Waals surface area contributed by atoms with E-state index < -0.39 is 0 Å². The number of nitrogens with zero attached hydrogens (tertiary/aromatic N) is 3. The molecular weight excluding hydrogens is 282 g/mol. The largest absolute Gasteiger partial charge is 0.293 e. The minimum atomic E-state index is 0.614. The Morgan fingerprint density at radius 2 is 2.00 bits per heavy atom. The van der Waals surface area contributed by atoms with Crippen LogP contribution in [0.3, 0.4) is 0 Å². The first-order valence-corrected chi connectivity index (χ1v) is 9.16. The highest BCUT2D eigenvalue weighted by Gasteiger charge is 2.19. The van der Waals surface area contributed by atoms with E-state index in [1.54, 1.807) is 0 Å². The first-order valence-electron chi connectivity index (χ1n) is 8.62. The fourth-order valence-electron chi connectivity index (χ4n) is 3.52. The molecule has 2 rings (SSSR count). The molecule has 0 unspecified atom stereocenters. The van der Waals surface area contributed by atoms with Gasteiger partial charge < -0.3 is 0 Å². The van der Waals surface area contributed by atoms with Gasteiger partial charge in [-0.15, -0.1) is 11.6 Å². The molecule has 21 heavy (non-hydrogen) atoms. The van der Waals surface area contributed by atoms with Gasteiger partial charge in [0.25, 0.3) is 0 Å². The van der Waals surface area contributed by atoms with Gasteiger partial charge in [0, 0.05) is 31.2 Å². The summed E-state index contributed by atoms with van der Waals surface area (Å²) in [5.74, 6) is 0.694. The lowest BCUT2D eigenvalue weighted by atomic mass is 9.96. The maximum absolute atomic E-state index is 5.98. The second-order valence-electron chi connectivity index (χ2n) is 6.21. The number of alkyl halides is 1. The van der Waals surface area contributed by atoms with Crippen LogP contribution in [0.15, 0.2) is 12.3 Å². The third-order valence-electron chi connectivity index (χ3n) is 4.81. The first kappa shape index (κ1) is 16.8. The van der Waals surface area contributed by atoms with E-state index in [9.17, 15) is 0 Å². The summed E-state index contributed by atoms with van der Waals surface area (Å²) in [6.07, 6.45) is 11.2. The Morgan fingerprint density at radius 1 is 1.29 bits per heavy atom. The van der Waals surface area contributed by atoms with E-state index in [1.165, 1.54) is 50.6 Å². The van der Waals surface area contributed by atoms with Crippen LogP contribution < -0.4 is 0 Å². The van der Waals surface area contributed by atoms with Crippen molar-refractivity contribution in [3.8, 4) is 0 Å². The first-order chi connectivity index (χ1) is 10.3. The van der Waals surface area contributed by atoms with Crippen LogP contribution in [0.4, 0.5) is 0 Å². The zero-order valence-corrected chi connectivity index (χ0v) is 14.4. The van der Waals surface area contributed by atoms with Crippen molar-refractivity contribution in [3.63, 3.8) is 0 Å². The van der Waals surface area contributed by atoms with Crippen LogP contribution in [0.25, 0.3) is 0 Å². The summed E-state index contributed by atoms with van der Waals surface area (Å²) in [4.78, 5) is 2.49. The van der Waals surface area contributed by atoms with Gasteiger partial charge in [-0.3, -0.25) is 9.58 Å². The number of halogens is 1. The summed E-state index contributed by atoms with van der Waals surface area (Å²) < 4.78 is 2.21. The number of rotatable bonds is 8. The summed E-state index contributed by atoms with van der Waals surface area (Å²) in [7, 11) is 0. The highest BCUT2D eigenvalue weighted by atomic mass is 35.5. The quantitative estimate of drug-likeness (QED) is 0.653. The third kappa shape index (κ3) is 4.72. The van der Waals surface area contributed by atoms with Crippen LogP contribution in [0.5, 0.6) is 0 Å². The monoisotopic (exact) mass is 311 g/mol. The molecule has 0 radical (unpaired) electrons. The molecular formula is C17H30ClN3. The Balaban J connectivity index is 1.98. The normalized spacial score (nSPS) is 17.0. The van der Waals surface area contributed by atoms with Crippen molar-refractivity contribution in [2.45, 2.75) is 77.4 Å². The maximum atomic E-state index is 5.98. The zero-order chi connectivity index (χ0) is 15.1. The molecule has 1 aliphatic carbocycles. The molecule has 1 aromatic heterocycles. The number of hydrogen-bond donors (Lipinski definition) is 0. The lowest BCUT2D eigenvalue weighted by molar-refractivity contribution is 0.185.